The van der Waals surface area contributed by atoms with Crippen LogP contribution in [0, 0.1) is 0 Å². The molecule has 0 aliphatic carbocycles. The van der Waals surface area contributed by atoms with Crippen LogP contribution in [0.2, 0.25) is 0 Å². The van der Waals surface area contributed by atoms with E-state index < -0.39 is 5.97 Å². The summed E-state index contributed by atoms with van der Waals surface area (Å²) >= 11 is 0. The summed E-state index contributed by atoms with van der Waals surface area (Å²) in [6, 6.07) is 0. The fourth-order valence-corrected chi connectivity index (χ4v) is 3.24. The molecular formula is C23H44O2. The van der Waals surface area contributed by atoms with Crippen molar-refractivity contribution in [2.24, 2.45) is 0 Å². The molecule has 148 valence electrons. The minimum atomic E-state index is -0.684. The molecule has 0 unspecified atom stereocenters. The van der Waals surface area contributed by atoms with Crippen molar-refractivity contribution in [1.29, 1.82) is 0 Å². The number of carbonyl (C=O) groups is 1. The molecule has 0 aromatic heterocycles. The van der Waals surface area contributed by atoms with Crippen LogP contribution < -0.4 is 0 Å². The monoisotopic (exact) mass is 352 g/mol. The van der Waals surface area contributed by atoms with Gasteiger partial charge in [0.05, 0.1) is 0 Å². The Bertz CT molecular complexity index is 296. The third kappa shape index (κ3) is 23.2. The highest BCUT2D eigenvalue weighted by atomic mass is 16.4. The lowest BCUT2D eigenvalue weighted by Crippen LogP contribution is -1.92. The van der Waals surface area contributed by atoms with Crippen molar-refractivity contribution < 1.29 is 9.90 Å². The van der Waals surface area contributed by atoms with Crippen LogP contribution in [-0.4, -0.2) is 11.1 Å². The SMILES string of the molecule is CCCCCCCCCCCCCCCCCC=CCCCC(=O)O. The van der Waals surface area contributed by atoms with Gasteiger partial charge in [-0.2, -0.15) is 0 Å². The molecule has 0 saturated heterocycles. The lowest BCUT2D eigenvalue weighted by Gasteiger charge is -2.03. The van der Waals surface area contributed by atoms with Crippen molar-refractivity contribution >= 4 is 5.97 Å². The van der Waals surface area contributed by atoms with Gasteiger partial charge in [0.25, 0.3) is 0 Å². The predicted octanol–water partition coefficient (Wildman–Crippen LogP) is 8.06. The Morgan fingerprint density at radius 1 is 0.600 bits per heavy atom. The fraction of sp³-hybridized carbons (Fsp3) is 0.870. The smallest absolute Gasteiger partial charge is 0.303 e. The topological polar surface area (TPSA) is 37.3 Å². The highest BCUT2D eigenvalue weighted by Crippen LogP contribution is 2.13. The van der Waals surface area contributed by atoms with Crippen molar-refractivity contribution in [3.05, 3.63) is 12.2 Å². The van der Waals surface area contributed by atoms with E-state index in [-0.39, 0.29) is 0 Å². The summed E-state index contributed by atoms with van der Waals surface area (Å²) in [6.45, 7) is 2.28. The summed E-state index contributed by atoms with van der Waals surface area (Å²) in [5.41, 5.74) is 0. The number of carboxylic acid groups (broad SMARTS) is 1. The quantitative estimate of drug-likeness (QED) is 0.178. The molecule has 0 saturated carbocycles. The zero-order valence-electron chi connectivity index (χ0n) is 16.9. The molecule has 0 aromatic carbocycles. The first kappa shape index (κ1) is 24.2. The number of aliphatic carboxylic acids is 1. The van der Waals surface area contributed by atoms with Gasteiger partial charge in [-0.15, -0.1) is 0 Å². The minimum absolute atomic E-state index is 0.295. The average molecular weight is 353 g/mol. The van der Waals surface area contributed by atoms with Crippen LogP contribution in [0.5, 0.6) is 0 Å². The summed E-state index contributed by atoms with van der Waals surface area (Å²) in [5.74, 6) is -0.684. The maximum atomic E-state index is 10.4. The van der Waals surface area contributed by atoms with Crippen molar-refractivity contribution in [1.82, 2.24) is 0 Å². The van der Waals surface area contributed by atoms with E-state index in [0.717, 1.165) is 19.3 Å². The van der Waals surface area contributed by atoms with Gasteiger partial charge in [-0.1, -0.05) is 109 Å². The molecule has 2 nitrogen and oxygen atoms in total. The first-order valence-corrected chi connectivity index (χ1v) is 11.1. The normalized spacial score (nSPS) is 11.4. The first-order chi connectivity index (χ1) is 12.3. The van der Waals surface area contributed by atoms with Gasteiger partial charge in [0, 0.05) is 6.42 Å². The second-order valence-corrected chi connectivity index (χ2v) is 7.50. The second-order valence-electron chi connectivity index (χ2n) is 7.50. The summed E-state index contributed by atoms with van der Waals surface area (Å²) in [6.07, 6.45) is 28.7. The maximum Gasteiger partial charge on any atom is 0.303 e. The summed E-state index contributed by atoms with van der Waals surface area (Å²) in [4.78, 5) is 10.4. The standard InChI is InChI=1S/C23H44O2/c1-2-3-4-5-6-7-8-9-10-11-12-13-14-15-16-17-18-19-20-21-22-23(24)25/h18-19H,2-17,20-22H2,1H3,(H,24,25). The molecule has 0 amide bonds. The molecule has 2 heteroatoms. The van der Waals surface area contributed by atoms with Crippen LogP contribution in [0.15, 0.2) is 12.2 Å². The second kappa shape index (κ2) is 21.3. The highest BCUT2D eigenvalue weighted by Gasteiger charge is 1.95. The number of unbranched alkanes of at least 4 members (excludes halogenated alkanes) is 16. The molecule has 0 bridgehead atoms. The highest BCUT2D eigenvalue weighted by molar-refractivity contribution is 5.66. The van der Waals surface area contributed by atoms with Crippen LogP contribution in [0.3, 0.4) is 0 Å². The molecule has 0 aromatic rings. The Morgan fingerprint density at radius 2 is 0.960 bits per heavy atom. The molecule has 0 spiro atoms. The van der Waals surface area contributed by atoms with Gasteiger partial charge in [0.2, 0.25) is 0 Å². The van der Waals surface area contributed by atoms with Crippen LogP contribution >= 0.6 is 0 Å². The fourth-order valence-electron chi connectivity index (χ4n) is 3.24. The van der Waals surface area contributed by atoms with E-state index in [1.54, 1.807) is 0 Å². The van der Waals surface area contributed by atoms with Crippen LogP contribution in [0.1, 0.15) is 129 Å². The summed E-state index contributed by atoms with van der Waals surface area (Å²) in [5, 5.41) is 8.54. The number of carboxylic acids is 1. The average Bonchev–Trinajstić information content (AvgIpc) is 2.60. The minimum Gasteiger partial charge on any atom is -0.481 e. The molecule has 0 aliphatic rings. The molecular weight excluding hydrogens is 308 g/mol. The van der Waals surface area contributed by atoms with Crippen LogP contribution in [0.25, 0.3) is 0 Å². The van der Waals surface area contributed by atoms with Gasteiger partial charge in [0.1, 0.15) is 0 Å². The predicted molar refractivity (Wildman–Crippen MR) is 110 cm³/mol. The molecule has 1 N–H and O–H groups in total. The third-order valence-corrected chi connectivity index (χ3v) is 4.90. The molecule has 0 aliphatic heterocycles. The van der Waals surface area contributed by atoms with Gasteiger partial charge in [-0.3, -0.25) is 4.79 Å². The zero-order valence-corrected chi connectivity index (χ0v) is 16.9. The lowest BCUT2D eigenvalue weighted by atomic mass is 10.0. The van der Waals surface area contributed by atoms with Crippen molar-refractivity contribution in [3.8, 4) is 0 Å². The molecule has 25 heavy (non-hydrogen) atoms. The van der Waals surface area contributed by atoms with Gasteiger partial charge in [-0.25, -0.2) is 0 Å². The Balaban J connectivity index is 3.05. The maximum absolute atomic E-state index is 10.4. The Kier molecular flexibility index (Phi) is 20.6. The molecule has 0 atom stereocenters. The number of rotatable bonds is 20. The number of allylic oxidation sites excluding steroid dienone is 2. The van der Waals surface area contributed by atoms with E-state index >= 15 is 0 Å². The van der Waals surface area contributed by atoms with Crippen LogP contribution in [0.4, 0.5) is 0 Å². The molecule has 0 radical (unpaired) electrons. The largest absolute Gasteiger partial charge is 0.481 e. The third-order valence-electron chi connectivity index (χ3n) is 4.90. The van der Waals surface area contributed by atoms with E-state index in [1.165, 1.54) is 96.3 Å². The molecule has 0 rings (SSSR count). The van der Waals surface area contributed by atoms with E-state index in [9.17, 15) is 4.79 Å². The Labute approximate surface area is 157 Å². The number of hydrogen-bond donors (Lipinski definition) is 1. The van der Waals surface area contributed by atoms with Crippen molar-refractivity contribution in [3.63, 3.8) is 0 Å². The molecule has 0 heterocycles. The Hall–Kier alpha value is -0.790. The zero-order chi connectivity index (χ0) is 18.4. The van der Waals surface area contributed by atoms with Crippen molar-refractivity contribution in [2.75, 3.05) is 0 Å². The van der Waals surface area contributed by atoms with E-state index in [0.29, 0.717) is 6.42 Å². The van der Waals surface area contributed by atoms with Gasteiger partial charge >= 0.3 is 5.97 Å². The van der Waals surface area contributed by atoms with Crippen molar-refractivity contribution in [2.45, 2.75) is 129 Å². The van der Waals surface area contributed by atoms with E-state index in [2.05, 4.69) is 19.1 Å². The summed E-state index contributed by atoms with van der Waals surface area (Å²) in [7, 11) is 0. The van der Waals surface area contributed by atoms with E-state index in [4.69, 9.17) is 5.11 Å². The van der Waals surface area contributed by atoms with E-state index in [1.807, 2.05) is 0 Å². The van der Waals surface area contributed by atoms with Gasteiger partial charge in [-0.05, 0) is 25.7 Å². The Morgan fingerprint density at radius 3 is 1.36 bits per heavy atom. The van der Waals surface area contributed by atoms with Gasteiger partial charge < -0.3 is 5.11 Å². The number of hydrogen-bond acceptors (Lipinski definition) is 1. The summed E-state index contributed by atoms with van der Waals surface area (Å²) < 4.78 is 0. The van der Waals surface area contributed by atoms with Gasteiger partial charge in [0.15, 0.2) is 0 Å². The lowest BCUT2D eigenvalue weighted by molar-refractivity contribution is -0.137. The first-order valence-electron chi connectivity index (χ1n) is 11.1. The molecule has 0 fully saturated rings. The van der Waals surface area contributed by atoms with Crippen LogP contribution in [-0.2, 0) is 4.79 Å².